The molecule has 0 aliphatic heterocycles. The lowest BCUT2D eigenvalue weighted by atomic mass is 9.70. The summed E-state index contributed by atoms with van der Waals surface area (Å²) in [6.07, 6.45) is 3.79. The maximum Gasteiger partial charge on any atom is 0.143 e. The van der Waals surface area contributed by atoms with Crippen LogP contribution in [-0.4, -0.2) is 5.78 Å². The van der Waals surface area contributed by atoms with Crippen LogP contribution in [0.15, 0.2) is 23.8 Å². The summed E-state index contributed by atoms with van der Waals surface area (Å²) in [4.78, 5) is 11.4. The topological polar surface area (TPSA) is 17.1 Å². The third-order valence-electron chi connectivity index (χ3n) is 3.59. The largest absolute Gasteiger partial charge is 0.299 e. The van der Waals surface area contributed by atoms with Gasteiger partial charge in [0, 0.05) is 11.8 Å². The summed E-state index contributed by atoms with van der Waals surface area (Å²) < 4.78 is 0. The van der Waals surface area contributed by atoms with Gasteiger partial charge in [-0.3, -0.25) is 4.79 Å². The molecule has 2 rings (SSSR count). The summed E-state index contributed by atoms with van der Waals surface area (Å²) in [5.41, 5.74) is 2.60. The zero-order chi connectivity index (χ0) is 8.93. The van der Waals surface area contributed by atoms with E-state index in [1.54, 1.807) is 0 Å². The summed E-state index contributed by atoms with van der Waals surface area (Å²) in [5, 5.41) is 0. The third kappa shape index (κ3) is 0.715. The Bertz CT molecular complexity index is 298. The standard InChI is InChI=1S/C11H14O/c1-7-6-9-8(2)11(7,3)5-4-10(9)12/h6,9H,2,4-5H2,1,3H3/t9-,11+/m1/s1. The van der Waals surface area contributed by atoms with Crippen LogP contribution in [0.2, 0.25) is 0 Å². The predicted octanol–water partition coefficient (Wildman–Crippen LogP) is 2.49. The molecule has 12 heavy (non-hydrogen) atoms. The molecule has 2 aliphatic rings. The van der Waals surface area contributed by atoms with Gasteiger partial charge in [-0.05, 0) is 13.3 Å². The van der Waals surface area contributed by atoms with Crippen molar-refractivity contribution in [3.63, 3.8) is 0 Å². The molecule has 2 atom stereocenters. The molecule has 0 unspecified atom stereocenters. The minimum atomic E-state index is 0.0451. The van der Waals surface area contributed by atoms with E-state index in [2.05, 4.69) is 26.5 Å². The van der Waals surface area contributed by atoms with Gasteiger partial charge in [0.2, 0.25) is 0 Å². The van der Waals surface area contributed by atoms with Gasteiger partial charge in [0.15, 0.2) is 0 Å². The minimum absolute atomic E-state index is 0.0451. The molecule has 2 aliphatic carbocycles. The first kappa shape index (κ1) is 7.78. The molecular weight excluding hydrogens is 148 g/mol. The van der Waals surface area contributed by atoms with Gasteiger partial charge >= 0.3 is 0 Å². The molecule has 1 fully saturated rings. The van der Waals surface area contributed by atoms with Crippen LogP contribution in [0, 0.1) is 11.3 Å². The zero-order valence-electron chi connectivity index (χ0n) is 7.68. The Labute approximate surface area is 73.2 Å². The number of carbonyl (C=O) groups excluding carboxylic acids is 1. The fourth-order valence-electron chi connectivity index (χ4n) is 2.30. The van der Waals surface area contributed by atoms with Crippen LogP contribution in [0.3, 0.4) is 0 Å². The van der Waals surface area contributed by atoms with Gasteiger partial charge in [-0.2, -0.15) is 0 Å². The number of ketones is 1. The Morgan fingerprint density at radius 1 is 1.67 bits per heavy atom. The molecule has 0 amide bonds. The van der Waals surface area contributed by atoms with Gasteiger partial charge in [0.25, 0.3) is 0 Å². The highest BCUT2D eigenvalue weighted by molar-refractivity contribution is 5.89. The fraction of sp³-hybridized carbons (Fsp3) is 0.545. The van der Waals surface area contributed by atoms with Crippen molar-refractivity contribution in [1.82, 2.24) is 0 Å². The van der Waals surface area contributed by atoms with E-state index in [4.69, 9.17) is 0 Å². The highest BCUT2D eigenvalue weighted by Crippen LogP contribution is 2.52. The van der Waals surface area contributed by atoms with Crippen molar-refractivity contribution in [2.24, 2.45) is 11.3 Å². The molecule has 2 bridgehead atoms. The SMILES string of the molecule is C=C1[C@H]2C=C(C)[C@]1(C)CCC2=O. The van der Waals surface area contributed by atoms with E-state index in [1.807, 2.05) is 0 Å². The molecule has 0 saturated heterocycles. The number of Topliss-reactive ketones (excluding diaryl/α,β-unsaturated/α-hetero) is 1. The average molecular weight is 162 g/mol. The summed E-state index contributed by atoms with van der Waals surface area (Å²) in [6.45, 7) is 8.36. The monoisotopic (exact) mass is 162 g/mol. The smallest absolute Gasteiger partial charge is 0.143 e. The van der Waals surface area contributed by atoms with E-state index >= 15 is 0 Å². The Hall–Kier alpha value is -0.850. The Balaban J connectivity index is 2.50. The summed E-state index contributed by atoms with van der Waals surface area (Å²) in [7, 11) is 0. The molecule has 1 saturated carbocycles. The molecule has 0 N–H and O–H groups in total. The zero-order valence-corrected chi connectivity index (χ0v) is 7.68. The van der Waals surface area contributed by atoms with E-state index in [0.717, 1.165) is 18.4 Å². The van der Waals surface area contributed by atoms with Crippen LogP contribution < -0.4 is 0 Å². The molecule has 0 aromatic carbocycles. The van der Waals surface area contributed by atoms with Crippen LogP contribution in [0.5, 0.6) is 0 Å². The molecule has 1 heteroatoms. The second-order valence-corrected chi connectivity index (χ2v) is 4.15. The second-order valence-electron chi connectivity index (χ2n) is 4.15. The number of hydrogen-bond acceptors (Lipinski definition) is 1. The first-order valence-electron chi connectivity index (χ1n) is 4.46. The summed E-state index contributed by atoms with van der Waals surface area (Å²) in [5.74, 6) is 0.401. The Morgan fingerprint density at radius 2 is 2.33 bits per heavy atom. The van der Waals surface area contributed by atoms with E-state index in [1.165, 1.54) is 5.57 Å². The van der Waals surface area contributed by atoms with Crippen molar-refractivity contribution in [1.29, 1.82) is 0 Å². The first-order valence-corrected chi connectivity index (χ1v) is 4.46. The lowest BCUT2D eigenvalue weighted by molar-refractivity contribution is -0.122. The molecule has 0 aromatic heterocycles. The number of allylic oxidation sites excluding steroid dienone is 3. The van der Waals surface area contributed by atoms with Crippen molar-refractivity contribution < 1.29 is 4.79 Å². The lowest BCUT2D eigenvalue weighted by Crippen LogP contribution is -2.28. The molecular formula is C11H14O. The quantitative estimate of drug-likeness (QED) is 0.500. The molecule has 0 heterocycles. The number of fused-ring (bicyclic) bond motifs is 2. The second kappa shape index (κ2) is 2.09. The van der Waals surface area contributed by atoms with Crippen LogP contribution in [0.1, 0.15) is 26.7 Å². The molecule has 0 spiro atoms. The Morgan fingerprint density at radius 3 is 2.92 bits per heavy atom. The normalized spacial score (nSPS) is 40.2. The van der Waals surface area contributed by atoms with Gasteiger partial charge < -0.3 is 0 Å². The van der Waals surface area contributed by atoms with Gasteiger partial charge in [0.1, 0.15) is 5.78 Å². The van der Waals surface area contributed by atoms with Crippen molar-refractivity contribution in [2.45, 2.75) is 26.7 Å². The van der Waals surface area contributed by atoms with Gasteiger partial charge in [-0.25, -0.2) is 0 Å². The molecule has 0 aromatic rings. The van der Waals surface area contributed by atoms with Crippen molar-refractivity contribution in [2.75, 3.05) is 0 Å². The Kier molecular flexibility index (Phi) is 1.36. The number of carbonyl (C=O) groups is 1. The van der Waals surface area contributed by atoms with Crippen LogP contribution >= 0.6 is 0 Å². The summed E-state index contributed by atoms with van der Waals surface area (Å²) in [6, 6.07) is 0. The van der Waals surface area contributed by atoms with Gasteiger partial charge in [0.05, 0.1) is 5.92 Å². The number of rotatable bonds is 0. The van der Waals surface area contributed by atoms with Crippen LogP contribution in [-0.2, 0) is 4.79 Å². The van der Waals surface area contributed by atoms with Crippen molar-refractivity contribution in [3.05, 3.63) is 23.8 Å². The number of hydrogen-bond donors (Lipinski definition) is 0. The van der Waals surface area contributed by atoms with E-state index in [-0.39, 0.29) is 11.3 Å². The van der Waals surface area contributed by atoms with E-state index in [0.29, 0.717) is 5.78 Å². The average Bonchev–Trinajstić information content (AvgIpc) is 2.17. The highest BCUT2D eigenvalue weighted by Gasteiger charge is 2.45. The summed E-state index contributed by atoms with van der Waals surface area (Å²) >= 11 is 0. The van der Waals surface area contributed by atoms with Crippen molar-refractivity contribution in [3.8, 4) is 0 Å². The van der Waals surface area contributed by atoms with E-state index < -0.39 is 0 Å². The maximum atomic E-state index is 11.4. The van der Waals surface area contributed by atoms with Gasteiger partial charge in [-0.1, -0.05) is 30.7 Å². The highest BCUT2D eigenvalue weighted by atomic mass is 16.1. The lowest BCUT2D eigenvalue weighted by Gasteiger charge is -2.33. The van der Waals surface area contributed by atoms with Crippen molar-refractivity contribution >= 4 is 5.78 Å². The van der Waals surface area contributed by atoms with E-state index in [9.17, 15) is 4.79 Å². The molecule has 64 valence electrons. The third-order valence-corrected chi connectivity index (χ3v) is 3.59. The first-order chi connectivity index (χ1) is 5.55. The predicted molar refractivity (Wildman–Crippen MR) is 48.7 cm³/mol. The van der Waals surface area contributed by atoms with Crippen LogP contribution in [0.4, 0.5) is 0 Å². The maximum absolute atomic E-state index is 11.4. The van der Waals surface area contributed by atoms with Gasteiger partial charge in [-0.15, -0.1) is 0 Å². The fourth-order valence-corrected chi connectivity index (χ4v) is 2.30. The van der Waals surface area contributed by atoms with Crippen LogP contribution in [0.25, 0.3) is 0 Å². The molecule has 1 nitrogen and oxygen atoms in total. The molecule has 0 radical (unpaired) electrons. The minimum Gasteiger partial charge on any atom is -0.299 e.